The van der Waals surface area contributed by atoms with Gasteiger partial charge in [0.15, 0.2) is 5.78 Å². The predicted molar refractivity (Wildman–Crippen MR) is 104 cm³/mol. The smallest absolute Gasteiger partial charge is 0.226 e. The Morgan fingerprint density at radius 1 is 1.19 bits per heavy atom. The SMILES string of the molecule is Cc1nn(-c2ccc(Br)cc2)c2c1[C@@H](C(=O)c1ccc(O)cc1)CC(=O)N2. The van der Waals surface area contributed by atoms with E-state index in [0.717, 1.165) is 15.7 Å². The van der Waals surface area contributed by atoms with Gasteiger partial charge in [-0.25, -0.2) is 4.68 Å². The van der Waals surface area contributed by atoms with E-state index in [2.05, 4.69) is 26.3 Å². The zero-order valence-electron chi connectivity index (χ0n) is 14.4. The van der Waals surface area contributed by atoms with E-state index in [1.54, 1.807) is 16.8 Å². The molecule has 0 radical (unpaired) electrons. The summed E-state index contributed by atoms with van der Waals surface area (Å²) in [5.41, 5.74) is 2.68. The number of carbonyl (C=O) groups is 2. The Morgan fingerprint density at radius 2 is 1.85 bits per heavy atom. The molecule has 6 nitrogen and oxygen atoms in total. The second-order valence-electron chi connectivity index (χ2n) is 6.45. The number of benzene rings is 2. The summed E-state index contributed by atoms with van der Waals surface area (Å²) < 4.78 is 2.60. The number of Topliss-reactive ketones (excluding diaryl/α,β-unsaturated/α-hetero) is 1. The van der Waals surface area contributed by atoms with E-state index >= 15 is 0 Å². The number of anilines is 1. The first-order valence-corrected chi connectivity index (χ1v) is 9.22. The van der Waals surface area contributed by atoms with Crippen molar-refractivity contribution in [2.24, 2.45) is 0 Å². The van der Waals surface area contributed by atoms with Crippen LogP contribution < -0.4 is 5.32 Å². The lowest BCUT2D eigenvalue weighted by atomic mass is 9.85. The molecule has 2 N–H and O–H groups in total. The van der Waals surface area contributed by atoms with Crippen molar-refractivity contribution in [3.63, 3.8) is 0 Å². The number of aryl methyl sites for hydroxylation is 1. The fourth-order valence-corrected chi connectivity index (χ4v) is 3.63. The number of nitrogens with zero attached hydrogens (tertiary/aromatic N) is 2. The summed E-state index contributed by atoms with van der Waals surface area (Å²) in [4.78, 5) is 25.4. The molecule has 0 fully saturated rings. The summed E-state index contributed by atoms with van der Waals surface area (Å²) in [6.45, 7) is 1.84. The molecule has 0 spiro atoms. The lowest BCUT2D eigenvalue weighted by Gasteiger charge is -2.23. The number of aromatic nitrogens is 2. The molecular formula is C20H16BrN3O3. The first-order valence-electron chi connectivity index (χ1n) is 8.42. The van der Waals surface area contributed by atoms with Crippen molar-refractivity contribution in [2.75, 3.05) is 5.32 Å². The van der Waals surface area contributed by atoms with E-state index in [1.807, 2.05) is 31.2 Å². The average Bonchev–Trinajstić information content (AvgIpc) is 2.98. The first kappa shape index (κ1) is 17.5. The van der Waals surface area contributed by atoms with Crippen LogP contribution in [0.5, 0.6) is 5.75 Å². The molecule has 4 rings (SSSR count). The Bertz CT molecular complexity index is 1040. The topological polar surface area (TPSA) is 84.2 Å². The molecule has 7 heteroatoms. The van der Waals surface area contributed by atoms with Crippen molar-refractivity contribution in [3.05, 3.63) is 69.8 Å². The maximum Gasteiger partial charge on any atom is 0.226 e. The Kier molecular flexibility index (Phi) is 4.31. The number of fused-ring (bicyclic) bond motifs is 1. The van der Waals surface area contributed by atoms with Crippen molar-refractivity contribution in [1.82, 2.24) is 9.78 Å². The Hall–Kier alpha value is -2.93. The molecular weight excluding hydrogens is 410 g/mol. The van der Waals surface area contributed by atoms with Crippen molar-refractivity contribution in [2.45, 2.75) is 19.3 Å². The van der Waals surface area contributed by atoms with E-state index in [-0.39, 0.29) is 23.9 Å². The molecule has 27 heavy (non-hydrogen) atoms. The molecule has 0 bridgehead atoms. The molecule has 0 saturated heterocycles. The molecule has 1 atom stereocenters. The number of ketones is 1. The van der Waals surface area contributed by atoms with Gasteiger partial charge < -0.3 is 10.4 Å². The van der Waals surface area contributed by atoms with Gasteiger partial charge in [-0.2, -0.15) is 5.10 Å². The van der Waals surface area contributed by atoms with E-state index in [1.165, 1.54) is 12.1 Å². The van der Waals surface area contributed by atoms with Gasteiger partial charge in [0.2, 0.25) is 5.91 Å². The van der Waals surface area contributed by atoms with E-state index in [4.69, 9.17) is 0 Å². The number of phenols is 1. The Balaban J connectivity index is 1.80. The number of phenolic OH excluding ortho intramolecular Hbond substituents is 1. The van der Waals surface area contributed by atoms with Gasteiger partial charge in [0.25, 0.3) is 0 Å². The highest BCUT2D eigenvalue weighted by Gasteiger charge is 2.36. The fourth-order valence-electron chi connectivity index (χ4n) is 3.37. The summed E-state index contributed by atoms with van der Waals surface area (Å²) >= 11 is 3.41. The van der Waals surface area contributed by atoms with E-state index in [9.17, 15) is 14.7 Å². The maximum atomic E-state index is 13.1. The highest BCUT2D eigenvalue weighted by atomic mass is 79.9. The number of halogens is 1. The van der Waals surface area contributed by atoms with Gasteiger partial charge in [-0.15, -0.1) is 0 Å². The first-order chi connectivity index (χ1) is 12.9. The van der Waals surface area contributed by atoms with Crippen LogP contribution >= 0.6 is 15.9 Å². The van der Waals surface area contributed by atoms with Gasteiger partial charge in [0.1, 0.15) is 11.6 Å². The number of hydrogen-bond donors (Lipinski definition) is 2. The summed E-state index contributed by atoms with van der Waals surface area (Å²) in [6, 6.07) is 13.6. The summed E-state index contributed by atoms with van der Waals surface area (Å²) in [5.74, 6) is -0.374. The number of hydrogen-bond acceptors (Lipinski definition) is 4. The second kappa shape index (κ2) is 6.66. The zero-order valence-corrected chi connectivity index (χ0v) is 16.0. The van der Waals surface area contributed by atoms with Gasteiger partial charge in [0, 0.05) is 22.0 Å². The lowest BCUT2D eigenvalue weighted by molar-refractivity contribution is -0.116. The molecule has 0 unspecified atom stereocenters. The minimum atomic E-state index is -0.609. The Labute approximate surface area is 164 Å². The molecule has 2 aromatic carbocycles. The summed E-state index contributed by atoms with van der Waals surface area (Å²) in [7, 11) is 0. The lowest BCUT2D eigenvalue weighted by Crippen LogP contribution is -2.28. The van der Waals surface area contributed by atoms with Crippen molar-refractivity contribution < 1.29 is 14.7 Å². The van der Waals surface area contributed by atoms with Crippen LogP contribution in [-0.2, 0) is 4.79 Å². The van der Waals surface area contributed by atoms with Gasteiger partial charge in [-0.3, -0.25) is 9.59 Å². The van der Waals surface area contributed by atoms with Crippen molar-refractivity contribution in [3.8, 4) is 11.4 Å². The molecule has 0 saturated carbocycles. The maximum absolute atomic E-state index is 13.1. The third-order valence-electron chi connectivity index (χ3n) is 4.64. The van der Waals surface area contributed by atoms with Crippen LogP contribution in [0.3, 0.4) is 0 Å². The third kappa shape index (κ3) is 3.14. The van der Waals surface area contributed by atoms with Crippen LogP contribution in [0.4, 0.5) is 5.82 Å². The normalized spacial score (nSPS) is 15.9. The van der Waals surface area contributed by atoms with Crippen LogP contribution in [0.1, 0.15) is 34.0 Å². The number of rotatable bonds is 3. The van der Waals surface area contributed by atoms with Gasteiger partial charge in [-0.05, 0) is 55.5 Å². The molecule has 2 heterocycles. The quantitative estimate of drug-likeness (QED) is 0.622. The predicted octanol–water partition coefficient (Wildman–Crippen LogP) is 3.96. The standard InChI is InChI=1S/C20H16BrN3O3/c1-11-18-16(19(27)12-2-8-15(25)9-3-12)10-17(26)22-20(18)24(23-11)14-6-4-13(21)5-7-14/h2-9,16,25H,10H2,1H3,(H,22,26)/t16-/m0/s1. The van der Waals surface area contributed by atoms with Gasteiger partial charge >= 0.3 is 0 Å². The van der Waals surface area contributed by atoms with Crippen molar-refractivity contribution >= 4 is 33.4 Å². The molecule has 0 aliphatic carbocycles. The number of carbonyl (C=O) groups excluding carboxylic acids is 2. The number of aromatic hydroxyl groups is 1. The van der Waals surface area contributed by atoms with E-state index in [0.29, 0.717) is 17.1 Å². The molecule has 1 aromatic heterocycles. The molecule has 1 amide bonds. The van der Waals surface area contributed by atoms with Crippen LogP contribution in [0, 0.1) is 6.92 Å². The van der Waals surface area contributed by atoms with Crippen LogP contribution in [-0.4, -0.2) is 26.6 Å². The van der Waals surface area contributed by atoms with Crippen LogP contribution in [0.2, 0.25) is 0 Å². The largest absolute Gasteiger partial charge is 0.508 e. The average molecular weight is 426 g/mol. The molecule has 1 aliphatic rings. The minimum Gasteiger partial charge on any atom is -0.508 e. The van der Waals surface area contributed by atoms with Crippen LogP contribution in [0.15, 0.2) is 53.0 Å². The molecule has 3 aromatic rings. The number of nitrogens with one attached hydrogen (secondary N) is 1. The molecule has 136 valence electrons. The van der Waals surface area contributed by atoms with Gasteiger partial charge in [-0.1, -0.05) is 15.9 Å². The number of amides is 1. The summed E-state index contributed by atoms with van der Waals surface area (Å²) in [6.07, 6.45) is 0.0690. The fraction of sp³-hybridized carbons (Fsp3) is 0.150. The monoisotopic (exact) mass is 425 g/mol. The highest BCUT2D eigenvalue weighted by molar-refractivity contribution is 9.10. The summed E-state index contributed by atoms with van der Waals surface area (Å²) in [5, 5.41) is 16.9. The van der Waals surface area contributed by atoms with Crippen molar-refractivity contribution in [1.29, 1.82) is 0 Å². The molecule has 1 aliphatic heterocycles. The second-order valence-corrected chi connectivity index (χ2v) is 7.37. The van der Waals surface area contributed by atoms with E-state index < -0.39 is 5.92 Å². The highest BCUT2D eigenvalue weighted by Crippen LogP contribution is 2.38. The Morgan fingerprint density at radius 3 is 2.52 bits per heavy atom. The zero-order chi connectivity index (χ0) is 19.1. The van der Waals surface area contributed by atoms with Crippen LogP contribution in [0.25, 0.3) is 5.69 Å². The van der Waals surface area contributed by atoms with Gasteiger partial charge in [0.05, 0.1) is 17.3 Å². The third-order valence-corrected chi connectivity index (χ3v) is 5.17. The minimum absolute atomic E-state index is 0.0690.